The van der Waals surface area contributed by atoms with Crippen LogP contribution in [0.4, 0.5) is 5.69 Å². The van der Waals surface area contributed by atoms with Gasteiger partial charge in [-0.15, -0.1) is 0 Å². The molecule has 0 aliphatic heterocycles. The summed E-state index contributed by atoms with van der Waals surface area (Å²) in [6.45, 7) is 0.680. The predicted octanol–water partition coefficient (Wildman–Crippen LogP) is 1.19. The van der Waals surface area contributed by atoms with Crippen LogP contribution in [0, 0.1) is 0 Å². The molecule has 0 saturated carbocycles. The van der Waals surface area contributed by atoms with Gasteiger partial charge in [-0.1, -0.05) is 0 Å². The molecule has 17 heavy (non-hydrogen) atoms. The van der Waals surface area contributed by atoms with Gasteiger partial charge in [0, 0.05) is 19.4 Å². The van der Waals surface area contributed by atoms with E-state index in [4.69, 9.17) is 15.6 Å². The molecule has 0 saturated heterocycles. The van der Waals surface area contributed by atoms with E-state index in [2.05, 4.69) is 4.98 Å². The Labute approximate surface area is 99.8 Å². The van der Waals surface area contributed by atoms with Crippen molar-refractivity contribution in [2.24, 2.45) is 0 Å². The average molecular weight is 235 g/mol. The number of nitrogens with zero attached hydrogens (tertiary/aromatic N) is 2. The van der Waals surface area contributed by atoms with Crippen LogP contribution in [0.25, 0.3) is 11.0 Å². The maximum absolute atomic E-state index is 9.07. The predicted molar refractivity (Wildman–Crippen MR) is 66.8 cm³/mol. The van der Waals surface area contributed by atoms with E-state index in [0.717, 1.165) is 11.0 Å². The fourth-order valence-corrected chi connectivity index (χ4v) is 1.98. The number of nitrogens with two attached hydrogens (primary N) is 1. The van der Waals surface area contributed by atoms with E-state index in [1.54, 1.807) is 13.4 Å². The van der Waals surface area contributed by atoms with E-state index >= 15 is 0 Å². The molecular weight excluding hydrogens is 218 g/mol. The van der Waals surface area contributed by atoms with Crippen LogP contribution in [0.5, 0.6) is 0 Å². The smallest absolute Gasteiger partial charge is 0.0961 e. The summed E-state index contributed by atoms with van der Waals surface area (Å²) in [5.74, 6) is 0. The number of methoxy groups -OCH3 is 1. The molecule has 0 radical (unpaired) electrons. The number of hydrogen-bond donors (Lipinski definition) is 2. The number of fused-ring (bicyclic) bond motifs is 1. The average Bonchev–Trinajstić information content (AvgIpc) is 2.71. The van der Waals surface area contributed by atoms with Gasteiger partial charge in [0.1, 0.15) is 0 Å². The molecule has 1 aromatic heterocycles. The highest BCUT2D eigenvalue weighted by atomic mass is 16.5. The van der Waals surface area contributed by atoms with Gasteiger partial charge in [-0.3, -0.25) is 0 Å². The van der Waals surface area contributed by atoms with Crippen LogP contribution < -0.4 is 5.73 Å². The van der Waals surface area contributed by atoms with Crippen molar-refractivity contribution in [3.8, 4) is 0 Å². The van der Waals surface area contributed by atoms with E-state index in [0.29, 0.717) is 18.7 Å². The van der Waals surface area contributed by atoms with Gasteiger partial charge in [-0.05, 0) is 24.6 Å². The molecule has 0 bridgehead atoms. The standard InChI is InChI=1S/C12H17N3O2/c1-17-7-10(4-5-16)15-8-14-11-6-9(13)2-3-12(11)15/h2-3,6,8,10,16H,4-5,7,13H2,1H3. The highest BCUT2D eigenvalue weighted by molar-refractivity contribution is 5.79. The van der Waals surface area contributed by atoms with Crippen LogP contribution in [-0.4, -0.2) is 35.0 Å². The SMILES string of the molecule is COCC(CCO)n1cnc2cc(N)ccc21. The molecule has 1 atom stereocenters. The molecule has 0 spiro atoms. The monoisotopic (exact) mass is 235 g/mol. The largest absolute Gasteiger partial charge is 0.399 e. The van der Waals surface area contributed by atoms with Gasteiger partial charge in [0.25, 0.3) is 0 Å². The van der Waals surface area contributed by atoms with Crippen LogP contribution in [-0.2, 0) is 4.74 Å². The van der Waals surface area contributed by atoms with Gasteiger partial charge in [0.05, 0.1) is 30.0 Å². The summed E-state index contributed by atoms with van der Waals surface area (Å²) < 4.78 is 7.19. The maximum Gasteiger partial charge on any atom is 0.0961 e. The van der Waals surface area contributed by atoms with Crippen LogP contribution in [0.2, 0.25) is 0 Å². The Kier molecular flexibility index (Phi) is 3.61. The second-order valence-corrected chi connectivity index (χ2v) is 4.02. The zero-order valence-corrected chi connectivity index (χ0v) is 9.84. The van der Waals surface area contributed by atoms with Crippen molar-refractivity contribution in [2.75, 3.05) is 26.1 Å². The number of aliphatic hydroxyl groups is 1. The molecule has 0 aliphatic rings. The maximum atomic E-state index is 9.07. The molecule has 0 fully saturated rings. The van der Waals surface area contributed by atoms with Crippen molar-refractivity contribution < 1.29 is 9.84 Å². The third-order valence-corrected chi connectivity index (χ3v) is 2.81. The van der Waals surface area contributed by atoms with Crippen LogP contribution in [0.3, 0.4) is 0 Å². The number of aromatic nitrogens is 2. The van der Waals surface area contributed by atoms with E-state index in [1.165, 1.54) is 0 Å². The third-order valence-electron chi connectivity index (χ3n) is 2.81. The zero-order valence-electron chi connectivity index (χ0n) is 9.84. The highest BCUT2D eigenvalue weighted by Gasteiger charge is 2.13. The first kappa shape index (κ1) is 11.9. The lowest BCUT2D eigenvalue weighted by Gasteiger charge is -2.17. The van der Waals surface area contributed by atoms with Crippen molar-refractivity contribution in [1.82, 2.24) is 9.55 Å². The summed E-state index contributed by atoms with van der Waals surface area (Å²) in [4.78, 5) is 4.31. The van der Waals surface area contributed by atoms with Crippen molar-refractivity contribution in [3.63, 3.8) is 0 Å². The van der Waals surface area contributed by atoms with E-state index in [1.807, 2.05) is 22.8 Å². The lowest BCUT2D eigenvalue weighted by Crippen LogP contribution is -2.15. The first-order valence-corrected chi connectivity index (χ1v) is 5.58. The minimum atomic E-state index is 0.0959. The van der Waals surface area contributed by atoms with Gasteiger partial charge in [-0.25, -0.2) is 4.98 Å². The second-order valence-electron chi connectivity index (χ2n) is 4.02. The minimum absolute atomic E-state index is 0.0959. The molecule has 5 nitrogen and oxygen atoms in total. The normalized spacial score (nSPS) is 13.1. The van der Waals surface area contributed by atoms with Gasteiger partial charge in [0.15, 0.2) is 0 Å². The number of benzene rings is 1. The molecule has 0 amide bonds. The molecule has 3 N–H and O–H groups in total. The summed E-state index contributed by atoms with van der Waals surface area (Å²) in [7, 11) is 1.65. The highest BCUT2D eigenvalue weighted by Crippen LogP contribution is 2.21. The van der Waals surface area contributed by atoms with Gasteiger partial charge < -0.3 is 20.1 Å². The van der Waals surface area contributed by atoms with Gasteiger partial charge in [-0.2, -0.15) is 0 Å². The Morgan fingerprint density at radius 2 is 2.35 bits per heavy atom. The number of anilines is 1. The van der Waals surface area contributed by atoms with Crippen molar-refractivity contribution >= 4 is 16.7 Å². The Morgan fingerprint density at radius 1 is 1.53 bits per heavy atom. The second kappa shape index (κ2) is 5.16. The van der Waals surface area contributed by atoms with Crippen LogP contribution >= 0.6 is 0 Å². The Balaban J connectivity index is 2.39. The number of aliphatic hydroxyl groups excluding tert-OH is 1. The van der Waals surface area contributed by atoms with E-state index < -0.39 is 0 Å². The van der Waals surface area contributed by atoms with Crippen LogP contribution in [0.15, 0.2) is 24.5 Å². The lowest BCUT2D eigenvalue weighted by atomic mass is 10.2. The third kappa shape index (κ3) is 2.40. The Hall–Kier alpha value is -1.59. The minimum Gasteiger partial charge on any atom is -0.399 e. The number of nitrogen functional groups attached to an aromatic ring is 1. The summed E-state index contributed by atoms with van der Waals surface area (Å²) in [6, 6.07) is 5.73. The topological polar surface area (TPSA) is 73.3 Å². The van der Waals surface area contributed by atoms with Gasteiger partial charge >= 0.3 is 0 Å². The molecule has 2 aromatic rings. The van der Waals surface area contributed by atoms with Crippen molar-refractivity contribution in [3.05, 3.63) is 24.5 Å². The fourth-order valence-electron chi connectivity index (χ4n) is 1.98. The first-order chi connectivity index (χ1) is 8.26. The number of imidazole rings is 1. The molecule has 92 valence electrons. The quantitative estimate of drug-likeness (QED) is 0.763. The molecule has 0 aliphatic carbocycles. The molecule has 1 unspecified atom stereocenters. The molecule has 1 aromatic carbocycles. The first-order valence-electron chi connectivity index (χ1n) is 5.58. The van der Waals surface area contributed by atoms with Crippen molar-refractivity contribution in [2.45, 2.75) is 12.5 Å². The molecule has 5 heteroatoms. The summed E-state index contributed by atoms with van der Waals surface area (Å²) in [6.07, 6.45) is 2.41. The Morgan fingerprint density at radius 3 is 3.06 bits per heavy atom. The zero-order chi connectivity index (χ0) is 12.3. The van der Waals surface area contributed by atoms with Gasteiger partial charge in [0.2, 0.25) is 0 Å². The molecule has 1 heterocycles. The summed E-state index contributed by atoms with van der Waals surface area (Å²) in [5.41, 5.74) is 8.29. The molecule has 2 rings (SSSR count). The van der Waals surface area contributed by atoms with E-state index in [9.17, 15) is 0 Å². The molecular formula is C12H17N3O2. The number of rotatable bonds is 5. The Bertz CT molecular complexity index is 489. The lowest BCUT2D eigenvalue weighted by molar-refractivity contribution is 0.138. The summed E-state index contributed by atoms with van der Waals surface area (Å²) >= 11 is 0. The summed E-state index contributed by atoms with van der Waals surface area (Å²) in [5, 5.41) is 9.07. The number of ether oxygens (including phenoxy) is 1. The van der Waals surface area contributed by atoms with Crippen LogP contribution in [0.1, 0.15) is 12.5 Å². The van der Waals surface area contributed by atoms with Crippen molar-refractivity contribution in [1.29, 1.82) is 0 Å². The fraction of sp³-hybridized carbons (Fsp3) is 0.417. The number of hydrogen-bond acceptors (Lipinski definition) is 4. The van der Waals surface area contributed by atoms with E-state index in [-0.39, 0.29) is 12.6 Å².